The lowest BCUT2D eigenvalue weighted by Crippen LogP contribution is -2.23. The van der Waals surface area contributed by atoms with Crippen molar-refractivity contribution < 1.29 is 0 Å². The molecular weight excluding hydrogens is 258 g/mol. The van der Waals surface area contributed by atoms with Gasteiger partial charge in [0.25, 0.3) is 0 Å². The largest absolute Gasteiger partial charge is 0.338 e. The first-order chi connectivity index (χ1) is 10.2. The molecule has 0 saturated heterocycles. The lowest BCUT2D eigenvalue weighted by Gasteiger charge is -2.17. The van der Waals surface area contributed by atoms with E-state index in [1.54, 1.807) is 0 Å². The fourth-order valence-electron chi connectivity index (χ4n) is 3.03. The predicted octanol–water partition coefficient (Wildman–Crippen LogP) is 3.49. The van der Waals surface area contributed by atoms with E-state index in [-0.39, 0.29) is 0 Å². The smallest absolute Gasteiger partial charge is 0.138 e. The highest BCUT2D eigenvalue weighted by Crippen LogP contribution is 2.25. The Balaban J connectivity index is 1.82. The molecule has 0 amide bonds. The van der Waals surface area contributed by atoms with Crippen LogP contribution in [0.15, 0.2) is 30.3 Å². The Morgan fingerprint density at radius 3 is 2.76 bits per heavy atom. The molecule has 1 aromatic heterocycles. The number of nitrogens with one attached hydrogen (secondary N) is 2. The van der Waals surface area contributed by atoms with Gasteiger partial charge in [-0.05, 0) is 67.3 Å². The minimum atomic E-state index is 0.960. The van der Waals surface area contributed by atoms with E-state index in [1.807, 2.05) is 0 Å². The summed E-state index contributed by atoms with van der Waals surface area (Å²) in [6, 6.07) is 11.0. The van der Waals surface area contributed by atoms with Crippen molar-refractivity contribution in [1.82, 2.24) is 15.3 Å². The molecule has 0 radical (unpaired) electrons. The second kappa shape index (κ2) is 4.71. The number of aromatic nitrogens is 2. The number of aryl methyl sites for hydroxylation is 2. The van der Waals surface area contributed by atoms with Gasteiger partial charge in [-0.1, -0.05) is 12.1 Å². The number of rotatable bonds is 1. The van der Waals surface area contributed by atoms with Crippen molar-refractivity contribution in [3.8, 4) is 11.4 Å². The first kappa shape index (κ1) is 12.6. The zero-order valence-corrected chi connectivity index (χ0v) is 12.5. The third kappa shape index (κ3) is 2.14. The number of fused-ring (bicyclic) bond motifs is 2. The summed E-state index contributed by atoms with van der Waals surface area (Å²) in [5, 5.41) is 3.43. The van der Waals surface area contributed by atoms with Crippen molar-refractivity contribution in [2.45, 2.75) is 26.8 Å². The zero-order valence-electron chi connectivity index (χ0n) is 12.5. The molecule has 0 aliphatic carbocycles. The summed E-state index contributed by atoms with van der Waals surface area (Å²) in [6.45, 7) is 6.31. The highest BCUT2D eigenvalue weighted by molar-refractivity contribution is 5.81. The van der Waals surface area contributed by atoms with Crippen LogP contribution in [-0.4, -0.2) is 16.5 Å². The second-order valence-electron chi connectivity index (χ2n) is 5.95. The van der Waals surface area contributed by atoms with E-state index in [4.69, 9.17) is 4.98 Å². The van der Waals surface area contributed by atoms with Crippen molar-refractivity contribution in [3.05, 3.63) is 52.6 Å². The topological polar surface area (TPSA) is 40.7 Å². The minimum Gasteiger partial charge on any atom is -0.338 e. The number of hydrogen-bond acceptors (Lipinski definition) is 2. The molecule has 21 heavy (non-hydrogen) atoms. The average Bonchev–Trinajstić information content (AvgIpc) is 2.90. The fraction of sp³-hybridized carbons (Fsp3) is 0.278. The standard InChI is InChI=1S/C18H19N3/c1-11-7-16-17(8-12(11)2)21-18(20-16)14-4-3-13-5-6-19-10-15(13)9-14/h3-4,7-9,19H,5-6,10H2,1-2H3,(H,20,21). The molecule has 1 aliphatic heterocycles. The Morgan fingerprint density at radius 1 is 1.00 bits per heavy atom. The molecule has 106 valence electrons. The minimum absolute atomic E-state index is 0.960. The van der Waals surface area contributed by atoms with Crippen molar-refractivity contribution in [2.24, 2.45) is 0 Å². The van der Waals surface area contributed by atoms with E-state index in [0.717, 1.165) is 36.4 Å². The van der Waals surface area contributed by atoms with Gasteiger partial charge in [0.1, 0.15) is 5.82 Å². The normalized spacial score (nSPS) is 14.4. The Hall–Kier alpha value is -2.13. The lowest BCUT2D eigenvalue weighted by atomic mass is 9.98. The van der Waals surface area contributed by atoms with Gasteiger partial charge in [0, 0.05) is 12.1 Å². The molecule has 1 aliphatic rings. The van der Waals surface area contributed by atoms with Gasteiger partial charge >= 0.3 is 0 Å². The van der Waals surface area contributed by atoms with Crippen LogP contribution in [0.4, 0.5) is 0 Å². The summed E-state index contributed by atoms with van der Waals surface area (Å²) < 4.78 is 0. The highest BCUT2D eigenvalue weighted by atomic mass is 14.9. The lowest BCUT2D eigenvalue weighted by molar-refractivity contribution is 0.644. The quantitative estimate of drug-likeness (QED) is 0.715. The van der Waals surface area contributed by atoms with Crippen LogP contribution in [0.2, 0.25) is 0 Å². The van der Waals surface area contributed by atoms with Crippen LogP contribution in [0.3, 0.4) is 0 Å². The SMILES string of the molecule is Cc1cc2nc(-c3ccc4c(c3)CNCC4)[nH]c2cc1C. The number of aromatic amines is 1. The molecule has 3 aromatic rings. The van der Waals surface area contributed by atoms with Gasteiger partial charge in [0.05, 0.1) is 11.0 Å². The molecule has 2 aromatic carbocycles. The summed E-state index contributed by atoms with van der Waals surface area (Å²) in [5.74, 6) is 0.961. The summed E-state index contributed by atoms with van der Waals surface area (Å²) in [5.41, 5.74) is 8.77. The van der Waals surface area contributed by atoms with E-state index >= 15 is 0 Å². The van der Waals surface area contributed by atoms with E-state index in [2.05, 4.69) is 54.5 Å². The van der Waals surface area contributed by atoms with Crippen molar-refractivity contribution in [2.75, 3.05) is 6.54 Å². The maximum Gasteiger partial charge on any atom is 0.138 e. The van der Waals surface area contributed by atoms with E-state index in [1.165, 1.54) is 27.8 Å². The Morgan fingerprint density at radius 2 is 1.86 bits per heavy atom. The van der Waals surface area contributed by atoms with Gasteiger partial charge in [-0.3, -0.25) is 0 Å². The molecule has 0 fully saturated rings. The number of benzene rings is 2. The van der Waals surface area contributed by atoms with Crippen molar-refractivity contribution in [3.63, 3.8) is 0 Å². The molecule has 0 saturated carbocycles. The first-order valence-electron chi connectivity index (χ1n) is 7.50. The molecule has 0 bridgehead atoms. The van der Waals surface area contributed by atoms with Crippen molar-refractivity contribution in [1.29, 1.82) is 0 Å². The van der Waals surface area contributed by atoms with Gasteiger partial charge in [0.2, 0.25) is 0 Å². The summed E-state index contributed by atoms with van der Waals surface area (Å²) in [7, 11) is 0. The molecule has 0 unspecified atom stereocenters. The van der Waals surface area contributed by atoms with E-state index in [9.17, 15) is 0 Å². The number of hydrogen-bond donors (Lipinski definition) is 2. The molecule has 3 nitrogen and oxygen atoms in total. The van der Waals surface area contributed by atoms with Crippen LogP contribution in [0, 0.1) is 13.8 Å². The third-order valence-electron chi connectivity index (χ3n) is 4.46. The van der Waals surface area contributed by atoms with E-state index in [0.29, 0.717) is 0 Å². The van der Waals surface area contributed by atoms with Crippen LogP contribution < -0.4 is 5.32 Å². The molecule has 2 N–H and O–H groups in total. The molecule has 4 rings (SSSR count). The van der Waals surface area contributed by atoms with Gasteiger partial charge in [0.15, 0.2) is 0 Å². The van der Waals surface area contributed by atoms with Crippen LogP contribution >= 0.6 is 0 Å². The first-order valence-corrected chi connectivity index (χ1v) is 7.50. The second-order valence-corrected chi connectivity index (χ2v) is 5.95. The number of nitrogens with zero attached hydrogens (tertiary/aromatic N) is 1. The molecular formula is C18H19N3. The van der Waals surface area contributed by atoms with Crippen LogP contribution in [0.1, 0.15) is 22.3 Å². The van der Waals surface area contributed by atoms with Gasteiger partial charge in [-0.15, -0.1) is 0 Å². The van der Waals surface area contributed by atoms with Gasteiger partial charge in [-0.25, -0.2) is 4.98 Å². The maximum atomic E-state index is 4.76. The van der Waals surface area contributed by atoms with Gasteiger partial charge in [-0.2, -0.15) is 0 Å². The van der Waals surface area contributed by atoms with Crippen LogP contribution in [-0.2, 0) is 13.0 Å². The Kier molecular flexibility index (Phi) is 2.82. The summed E-state index contributed by atoms with van der Waals surface area (Å²) in [4.78, 5) is 8.21. The average molecular weight is 277 g/mol. The number of H-pyrrole nitrogens is 1. The van der Waals surface area contributed by atoms with Gasteiger partial charge < -0.3 is 10.3 Å². The van der Waals surface area contributed by atoms with Crippen LogP contribution in [0.25, 0.3) is 22.4 Å². The highest BCUT2D eigenvalue weighted by Gasteiger charge is 2.12. The molecule has 0 spiro atoms. The van der Waals surface area contributed by atoms with E-state index < -0.39 is 0 Å². The van der Waals surface area contributed by atoms with Crippen molar-refractivity contribution >= 4 is 11.0 Å². The third-order valence-corrected chi connectivity index (χ3v) is 4.46. The zero-order chi connectivity index (χ0) is 14.4. The molecule has 0 atom stereocenters. The predicted molar refractivity (Wildman–Crippen MR) is 86.4 cm³/mol. The monoisotopic (exact) mass is 277 g/mol. The summed E-state index contributed by atoms with van der Waals surface area (Å²) in [6.07, 6.45) is 1.12. The Labute approximate surface area is 124 Å². The number of imidazole rings is 1. The maximum absolute atomic E-state index is 4.76. The molecule has 3 heteroatoms. The summed E-state index contributed by atoms with van der Waals surface area (Å²) >= 11 is 0. The fourth-order valence-corrected chi connectivity index (χ4v) is 3.03. The van der Waals surface area contributed by atoms with Crippen LogP contribution in [0.5, 0.6) is 0 Å². The molecule has 2 heterocycles. The Bertz CT molecular complexity index is 791.